The molecule has 0 saturated heterocycles. The number of aromatic nitrogens is 1. The molecular formula is C17H15ClFN3. The van der Waals surface area contributed by atoms with Crippen molar-refractivity contribution >= 4 is 23.0 Å². The van der Waals surface area contributed by atoms with Gasteiger partial charge in [0.05, 0.1) is 16.4 Å². The molecule has 5 heteroatoms. The van der Waals surface area contributed by atoms with Crippen molar-refractivity contribution in [2.24, 2.45) is 0 Å². The number of benzene rings is 1. The SMILES string of the molecule is CCC1(C)CN(c2ccc(Cl)c(F)c2)c2ccc(C#N)nc21. The number of anilines is 2. The van der Waals surface area contributed by atoms with Crippen LogP contribution in [0.1, 0.15) is 31.7 Å². The summed E-state index contributed by atoms with van der Waals surface area (Å²) < 4.78 is 13.8. The lowest BCUT2D eigenvalue weighted by atomic mass is 9.85. The van der Waals surface area contributed by atoms with Gasteiger partial charge in [-0.1, -0.05) is 25.4 Å². The fraction of sp³-hybridized carbons (Fsp3) is 0.294. The number of rotatable bonds is 2. The number of hydrogen-bond acceptors (Lipinski definition) is 3. The Morgan fingerprint density at radius 1 is 1.41 bits per heavy atom. The minimum absolute atomic E-state index is 0.111. The highest BCUT2D eigenvalue weighted by Gasteiger charge is 2.40. The predicted molar refractivity (Wildman–Crippen MR) is 85.0 cm³/mol. The van der Waals surface area contributed by atoms with Crippen LogP contribution < -0.4 is 4.90 Å². The molecule has 0 bridgehead atoms. The topological polar surface area (TPSA) is 39.9 Å². The number of hydrogen-bond donors (Lipinski definition) is 0. The summed E-state index contributed by atoms with van der Waals surface area (Å²) in [6.07, 6.45) is 0.883. The molecule has 1 aromatic heterocycles. The van der Waals surface area contributed by atoms with Gasteiger partial charge in [0.15, 0.2) is 0 Å². The Morgan fingerprint density at radius 2 is 2.18 bits per heavy atom. The smallest absolute Gasteiger partial charge is 0.143 e. The summed E-state index contributed by atoms with van der Waals surface area (Å²) in [6, 6.07) is 10.5. The molecule has 1 aromatic carbocycles. The number of nitrogens with zero attached hydrogens (tertiary/aromatic N) is 3. The molecule has 0 spiro atoms. The molecule has 2 heterocycles. The Morgan fingerprint density at radius 3 is 2.82 bits per heavy atom. The highest BCUT2D eigenvalue weighted by molar-refractivity contribution is 6.30. The first-order valence-corrected chi connectivity index (χ1v) is 7.50. The molecule has 0 N–H and O–H groups in total. The Labute approximate surface area is 134 Å². The van der Waals surface area contributed by atoms with E-state index in [-0.39, 0.29) is 10.4 Å². The summed E-state index contributed by atoms with van der Waals surface area (Å²) in [5.74, 6) is -0.438. The fourth-order valence-corrected chi connectivity index (χ4v) is 2.97. The summed E-state index contributed by atoms with van der Waals surface area (Å²) in [6.45, 7) is 4.91. The van der Waals surface area contributed by atoms with Gasteiger partial charge in [0.2, 0.25) is 0 Å². The average Bonchev–Trinajstić information content (AvgIpc) is 2.83. The quantitative estimate of drug-likeness (QED) is 0.815. The van der Waals surface area contributed by atoms with E-state index in [1.807, 2.05) is 11.0 Å². The van der Waals surface area contributed by atoms with Crippen molar-refractivity contribution in [3.63, 3.8) is 0 Å². The van der Waals surface area contributed by atoms with Gasteiger partial charge in [-0.3, -0.25) is 0 Å². The first kappa shape index (κ1) is 14.8. The molecule has 112 valence electrons. The number of pyridine rings is 1. The molecule has 3 nitrogen and oxygen atoms in total. The number of halogens is 2. The lowest BCUT2D eigenvalue weighted by Gasteiger charge is -2.24. The Hall–Kier alpha value is -2.12. The van der Waals surface area contributed by atoms with Gasteiger partial charge in [0.1, 0.15) is 17.6 Å². The van der Waals surface area contributed by atoms with Gasteiger partial charge in [0, 0.05) is 17.6 Å². The zero-order valence-electron chi connectivity index (χ0n) is 12.4. The normalized spacial score (nSPS) is 19.9. The van der Waals surface area contributed by atoms with E-state index < -0.39 is 5.82 Å². The van der Waals surface area contributed by atoms with Crippen LogP contribution in [-0.2, 0) is 5.41 Å². The lowest BCUT2D eigenvalue weighted by Crippen LogP contribution is -2.28. The van der Waals surface area contributed by atoms with Gasteiger partial charge >= 0.3 is 0 Å². The van der Waals surface area contributed by atoms with Crippen molar-refractivity contribution in [1.82, 2.24) is 4.98 Å². The summed E-state index contributed by atoms with van der Waals surface area (Å²) in [4.78, 5) is 6.52. The van der Waals surface area contributed by atoms with Crippen LogP contribution in [0.3, 0.4) is 0 Å². The van der Waals surface area contributed by atoms with Gasteiger partial charge in [-0.25, -0.2) is 9.37 Å². The van der Waals surface area contributed by atoms with Gasteiger partial charge in [-0.05, 0) is 36.8 Å². The Balaban J connectivity index is 2.14. The molecule has 0 fully saturated rings. The van der Waals surface area contributed by atoms with Crippen LogP contribution >= 0.6 is 11.6 Å². The molecular weight excluding hydrogens is 301 g/mol. The minimum atomic E-state index is -0.438. The third-order valence-electron chi connectivity index (χ3n) is 4.35. The molecule has 0 saturated carbocycles. The average molecular weight is 316 g/mol. The number of nitriles is 1. The molecule has 1 unspecified atom stereocenters. The van der Waals surface area contributed by atoms with E-state index in [1.165, 1.54) is 6.07 Å². The van der Waals surface area contributed by atoms with Gasteiger partial charge in [-0.2, -0.15) is 5.26 Å². The van der Waals surface area contributed by atoms with E-state index in [0.717, 1.165) is 23.5 Å². The third kappa shape index (κ3) is 2.22. The molecule has 22 heavy (non-hydrogen) atoms. The van der Waals surface area contributed by atoms with Crippen LogP contribution in [0.5, 0.6) is 0 Å². The van der Waals surface area contributed by atoms with Crippen molar-refractivity contribution in [1.29, 1.82) is 5.26 Å². The van der Waals surface area contributed by atoms with Crippen LogP contribution in [-0.4, -0.2) is 11.5 Å². The van der Waals surface area contributed by atoms with Gasteiger partial charge in [0.25, 0.3) is 0 Å². The van der Waals surface area contributed by atoms with E-state index in [1.54, 1.807) is 18.2 Å². The fourth-order valence-electron chi connectivity index (χ4n) is 2.85. The first-order valence-electron chi connectivity index (χ1n) is 7.13. The Bertz CT molecular complexity index is 784. The standard InChI is InChI=1S/C17H15ClFN3/c1-3-17(2)10-22(12-5-6-13(18)14(19)8-12)15-7-4-11(9-20)21-16(15)17/h4-8H,3,10H2,1-2H3. The molecule has 1 aliphatic heterocycles. The van der Waals surface area contributed by atoms with Crippen molar-refractivity contribution < 1.29 is 4.39 Å². The zero-order chi connectivity index (χ0) is 15.9. The van der Waals surface area contributed by atoms with Crippen LogP contribution in [0.25, 0.3) is 0 Å². The molecule has 2 aromatic rings. The van der Waals surface area contributed by atoms with E-state index in [4.69, 9.17) is 16.9 Å². The molecule has 0 radical (unpaired) electrons. The second-order valence-electron chi connectivity index (χ2n) is 5.77. The van der Waals surface area contributed by atoms with Crippen LogP contribution in [0.4, 0.5) is 15.8 Å². The number of fused-ring (bicyclic) bond motifs is 1. The van der Waals surface area contributed by atoms with Crippen LogP contribution in [0, 0.1) is 17.1 Å². The maximum atomic E-state index is 13.8. The molecule has 0 aliphatic carbocycles. The van der Waals surface area contributed by atoms with Crippen LogP contribution in [0.15, 0.2) is 30.3 Å². The maximum Gasteiger partial charge on any atom is 0.143 e. The van der Waals surface area contributed by atoms with E-state index >= 15 is 0 Å². The molecule has 1 atom stereocenters. The van der Waals surface area contributed by atoms with Gasteiger partial charge < -0.3 is 4.90 Å². The maximum absolute atomic E-state index is 13.8. The molecule has 1 aliphatic rings. The summed E-state index contributed by atoms with van der Waals surface area (Å²) >= 11 is 5.77. The van der Waals surface area contributed by atoms with E-state index in [9.17, 15) is 4.39 Å². The minimum Gasteiger partial charge on any atom is -0.339 e. The van der Waals surface area contributed by atoms with Crippen molar-refractivity contribution in [3.05, 3.63) is 52.6 Å². The second-order valence-corrected chi connectivity index (χ2v) is 6.18. The van der Waals surface area contributed by atoms with Crippen LogP contribution in [0.2, 0.25) is 5.02 Å². The van der Waals surface area contributed by atoms with E-state index in [0.29, 0.717) is 12.2 Å². The van der Waals surface area contributed by atoms with Crippen molar-refractivity contribution in [2.75, 3.05) is 11.4 Å². The van der Waals surface area contributed by atoms with Crippen molar-refractivity contribution in [2.45, 2.75) is 25.7 Å². The largest absolute Gasteiger partial charge is 0.339 e. The monoisotopic (exact) mass is 315 g/mol. The third-order valence-corrected chi connectivity index (χ3v) is 4.66. The predicted octanol–water partition coefficient (Wildman–Crippen LogP) is 4.57. The van der Waals surface area contributed by atoms with Crippen molar-refractivity contribution in [3.8, 4) is 6.07 Å². The lowest BCUT2D eigenvalue weighted by molar-refractivity contribution is 0.479. The highest BCUT2D eigenvalue weighted by atomic mass is 35.5. The summed E-state index contributed by atoms with van der Waals surface area (Å²) in [7, 11) is 0. The highest BCUT2D eigenvalue weighted by Crippen LogP contribution is 2.45. The second kappa shape index (κ2) is 5.26. The first-order chi connectivity index (χ1) is 10.5. The summed E-state index contributed by atoms with van der Waals surface area (Å²) in [5, 5.41) is 9.18. The molecule has 0 amide bonds. The zero-order valence-corrected chi connectivity index (χ0v) is 13.2. The van der Waals surface area contributed by atoms with Gasteiger partial charge in [-0.15, -0.1) is 0 Å². The van der Waals surface area contributed by atoms with E-state index in [2.05, 4.69) is 24.9 Å². The molecule has 3 rings (SSSR count). The summed E-state index contributed by atoms with van der Waals surface area (Å²) in [5.41, 5.74) is 2.79. The Kier molecular flexibility index (Phi) is 3.54.